The Balaban J connectivity index is 3.15. The van der Waals surface area contributed by atoms with Gasteiger partial charge in [0.05, 0.1) is 3.57 Å². The highest BCUT2D eigenvalue weighted by Crippen LogP contribution is 2.08. The highest BCUT2D eigenvalue weighted by atomic mass is 127. The number of carbonyl (C=O) groups is 1. The van der Waals surface area contributed by atoms with Gasteiger partial charge in [0, 0.05) is 13.2 Å². The fourth-order valence-corrected chi connectivity index (χ4v) is 1.35. The minimum Gasteiger partial charge on any atom is -0.476 e. The van der Waals surface area contributed by atoms with Crippen molar-refractivity contribution in [3.8, 4) is 0 Å². The van der Waals surface area contributed by atoms with Crippen LogP contribution in [0.1, 0.15) is 10.5 Å². The summed E-state index contributed by atoms with van der Waals surface area (Å²) in [6.45, 7) is 0. The van der Waals surface area contributed by atoms with Crippen LogP contribution in [0.2, 0.25) is 0 Å². The molecule has 0 unspecified atom stereocenters. The second-order valence-electron chi connectivity index (χ2n) is 1.80. The summed E-state index contributed by atoms with van der Waals surface area (Å²) in [5.41, 5.74) is 0.114. The van der Waals surface area contributed by atoms with Gasteiger partial charge in [-0.25, -0.2) is 4.79 Å². The molecular weight excluding hydrogens is 247 g/mol. The van der Waals surface area contributed by atoms with E-state index >= 15 is 0 Å². The molecule has 54 valence electrons. The molecule has 0 saturated heterocycles. The molecule has 1 rings (SSSR count). The van der Waals surface area contributed by atoms with Gasteiger partial charge in [0.15, 0.2) is 5.69 Å². The minimum absolute atomic E-state index is 0.114. The molecule has 1 aromatic rings. The van der Waals surface area contributed by atoms with Crippen LogP contribution in [0.4, 0.5) is 0 Å². The van der Waals surface area contributed by atoms with Crippen molar-refractivity contribution in [1.82, 2.24) is 9.78 Å². The Bertz CT molecular complexity index is 269. The minimum atomic E-state index is -0.981. The third kappa shape index (κ3) is 1.28. The lowest BCUT2D eigenvalue weighted by Crippen LogP contribution is -2.00. The Morgan fingerprint density at radius 3 is 2.70 bits per heavy atom. The van der Waals surface area contributed by atoms with E-state index < -0.39 is 5.97 Å². The Labute approximate surface area is 71.0 Å². The van der Waals surface area contributed by atoms with E-state index in [2.05, 4.69) is 5.10 Å². The van der Waals surface area contributed by atoms with E-state index in [4.69, 9.17) is 5.11 Å². The van der Waals surface area contributed by atoms with Crippen molar-refractivity contribution in [1.29, 1.82) is 0 Å². The maximum Gasteiger partial charge on any atom is 0.357 e. The van der Waals surface area contributed by atoms with Crippen LogP contribution in [0.5, 0.6) is 0 Å². The number of aromatic nitrogens is 2. The van der Waals surface area contributed by atoms with E-state index in [1.165, 1.54) is 4.68 Å². The van der Waals surface area contributed by atoms with Crippen molar-refractivity contribution < 1.29 is 9.90 Å². The van der Waals surface area contributed by atoms with E-state index in [0.29, 0.717) is 3.57 Å². The Kier molecular flexibility index (Phi) is 1.93. The standard InChI is InChI=1S/C5H5IN2O2/c1-8-2-3(6)4(7-8)5(9)10/h2H,1H3,(H,9,10). The molecule has 0 radical (unpaired) electrons. The van der Waals surface area contributed by atoms with Crippen LogP contribution in [0.3, 0.4) is 0 Å². The number of nitrogens with zero attached hydrogens (tertiary/aromatic N) is 2. The van der Waals surface area contributed by atoms with Crippen LogP contribution < -0.4 is 0 Å². The molecule has 5 heteroatoms. The van der Waals surface area contributed by atoms with E-state index in [1.54, 1.807) is 13.2 Å². The van der Waals surface area contributed by atoms with Gasteiger partial charge in [-0.3, -0.25) is 4.68 Å². The van der Waals surface area contributed by atoms with Crippen molar-refractivity contribution >= 4 is 28.6 Å². The highest BCUT2D eigenvalue weighted by Gasteiger charge is 2.11. The van der Waals surface area contributed by atoms with Crippen molar-refractivity contribution in [3.05, 3.63) is 15.5 Å². The number of halogens is 1. The van der Waals surface area contributed by atoms with Crippen molar-refractivity contribution in [2.24, 2.45) is 7.05 Å². The molecule has 0 bridgehead atoms. The Morgan fingerprint density at radius 1 is 1.90 bits per heavy atom. The first-order chi connectivity index (χ1) is 4.61. The second-order valence-corrected chi connectivity index (χ2v) is 2.97. The van der Waals surface area contributed by atoms with Gasteiger partial charge >= 0.3 is 5.97 Å². The zero-order chi connectivity index (χ0) is 7.72. The fraction of sp³-hybridized carbons (Fsp3) is 0.200. The number of aryl methyl sites for hydroxylation is 1. The van der Waals surface area contributed by atoms with E-state index in [9.17, 15) is 4.79 Å². The third-order valence-electron chi connectivity index (χ3n) is 0.987. The summed E-state index contributed by atoms with van der Waals surface area (Å²) in [5.74, 6) is -0.981. The summed E-state index contributed by atoms with van der Waals surface area (Å²) in [6, 6.07) is 0. The number of rotatable bonds is 1. The summed E-state index contributed by atoms with van der Waals surface area (Å²) in [7, 11) is 1.69. The molecule has 0 aromatic carbocycles. The quantitative estimate of drug-likeness (QED) is 0.749. The number of carboxylic acids is 1. The lowest BCUT2D eigenvalue weighted by molar-refractivity contribution is 0.0688. The smallest absolute Gasteiger partial charge is 0.357 e. The van der Waals surface area contributed by atoms with Gasteiger partial charge in [0.25, 0.3) is 0 Å². The van der Waals surface area contributed by atoms with Crippen LogP contribution in [-0.2, 0) is 7.05 Å². The third-order valence-corrected chi connectivity index (χ3v) is 1.78. The van der Waals surface area contributed by atoms with E-state index in [0.717, 1.165) is 0 Å². The molecule has 0 amide bonds. The Hall–Kier alpha value is -0.590. The van der Waals surface area contributed by atoms with E-state index in [1.807, 2.05) is 22.6 Å². The average molecular weight is 252 g/mol. The molecule has 0 spiro atoms. The largest absolute Gasteiger partial charge is 0.476 e. The number of hydrogen-bond donors (Lipinski definition) is 1. The predicted octanol–water partition coefficient (Wildman–Crippen LogP) is 0.723. The first-order valence-corrected chi connectivity index (χ1v) is 3.61. The summed E-state index contributed by atoms with van der Waals surface area (Å²) in [6.07, 6.45) is 1.66. The molecule has 1 aromatic heterocycles. The van der Waals surface area contributed by atoms with Crippen LogP contribution in [0.15, 0.2) is 6.20 Å². The lowest BCUT2D eigenvalue weighted by atomic mass is 10.5. The molecule has 0 aliphatic rings. The number of hydrogen-bond acceptors (Lipinski definition) is 2. The predicted molar refractivity (Wildman–Crippen MR) is 42.9 cm³/mol. The zero-order valence-electron chi connectivity index (χ0n) is 5.21. The van der Waals surface area contributed by atoms with Crippen LogP contribution in [0.25, 0.3) is 0 Å². The van der Waals surface area contributed by atoms with Gasteiger partial charge in [-0.1, -0.05) is 0 Å². The van der Waals surface area contributed by atoms with Crippen LogP contribution in [-0.4, -0.2) is 20.9 Å². The highest BCUT2D eigenvalue weighted by molar-refractivity contribution is 14.1. The van der Waals surface area contributed by atoms with E-state index in [-0.39, 0.29) is 5.69 Å². The maximum atomic E-state index is 10.4. The summed E-state index contributed by atoms with van der Waals surface area (Å²) in [4.78, 5) is 10.4. The molecule has 0 saturated carbocycles. The van der Waals surface area contributed by atoms with Gasteiger partial charge in [-0.15, -0.1) is 0 Å². The molecule has 0 atom stereocenters. The Morgan fingerprint density at radius 2 is 2.50 bits per heavy atom. The monoisotopic (exact) mass is 252 g/mol. The molecule has 10 heavy (non-hydrogen) atoms. The molecule has 0 aliphatic heterocycles. The van der Waals surface area contributed by atoms with Gasteiger partial charge in [0.1, 0.15) is 0 Å². The second kappa shape index (κ2) is 2.57. The number of aromatic carboxylic acids is 1. The molecule has 0 fully saturated rings. The van der Waals surface area contributed by atoms with Gasteiger partial charge in [0.2, 0.25) is 0 Å². The summed E-state index contributed by atoms with van der Waals surface area (Å²) in [5, 5.41) is 12.2. The molecule has 0 aliphatic carbocycles. The van der Waals surface area contributed by atoms with Gasteiger partial charge < -0.3 is 5.11 Å². The van der Waals surface area contributed by atoms with Crippen LogP contribution >= 0.6 is 22.6 Å². The lowest BCUT2D eigenvalue weighted by Gasteiger charge is -1.84. The maximum absolute atomic E-state index is 10.4. The van der Waals surface area contributed by atoms with Crippen LogP contribution in [0, 0.1) is 3.57 Å². The molecule has 4 nitrogen and oxygen atoms in total. The zero-order valence-corrected chi connectivity index (χ0v) is 7.36. The SMILES string of the molecule is Cn1cc(I)c(C(=O)O)n1. The summed E-state index contributed by atoms with van der Waals surface area (Å²) < 4.78 is 2.14. The fourth-order valence-electron chi connectivity index (χ4n) is 0.604. The van der Waals surface area contributed by atoms with Gasteiger partial charge in [-0.2, -0.15) is 5.10 Å². The molecule has 1 N–H and O–H groups in total. The van der Waals surface area contributed by atoms with Crippen molar-refractivity contribution in [2.75, 3.05) is 0 Å². The van der Waals surface area contributed by atoms with Crippen molar-refractivity contribution in [2.45, 2.75) is 0 Å². The average Bonchev–Trinajstić information content (AvgIpc) is 2.10. The topological polar surface area (TPSA) is 55.1 Å². The first-order valence-electron chi connectivity index (χ1n) is 2.53. The first kappa shape index (κ1) is 7.52. The number of carboxylic acid groups (broad SMARTS) is 1. The molecular formula is C5H5IN2O2. The van der Waals surface area contributed by atoms with Gasteiger partial charge in [-0.05, 0) is 22.6 Å². The summed E-state index contributed by atoms with van der Waals surface area (Å²) >= 11 is 1.93. The normalized spacial score (nSPS) is 9.80. The molecule has 1 heterocycles. The van der Waals surface area contributed by atoms with Crippen molar-refractivity contribution in [3.63, 3.8) is 0 Å².